The highest BCUT2D eigenvalue weighted by Crippen LogP contribution is 2.37. The molecule has 1 aromatic rings. The van der Waals surface area contributed by atoms with Crippen LogP contribution in [0.4, 0.5) is 0 Å². The Morgan fingerprint density at radius 2 is 2.04 bits per heavy atom. The lowest BCUT2D eigenvalue weighted by molar-refractivity contribution is -0.131. The van der Waals surface area contributed by atoms with E-state index in [2.05, 4.69) is 38.8 Å². The van der Waals surface area contributed by atoms with Crippen molar-refractivity contribution in [2.45, 2.75) is 64.8 Å². The highest BCUT2D eigenvalue weighted by molar-refractivity contribution is 6.74. The van der Waals surface area contributed by atoms with Gasteiger partial charge in [0.15, 0.2) is 20.3 Å². The van der Waals surface area contributed by atoms with Gasteiger partial charge in [-0.2, -0.15) is 0 Å². The quantitative estimate of drug-likeness (QED) is 0.833. The number of ether oxygens (including phenoxy) is 2. The predicted molar refractivity (Wildman–Crippen MR) is 93.7 cm³/mol. The van der Waals surface area contributed by atoms with Gasteiger partial charge in [-0.15, -0.1) is 0 Å². The molecule has 2 heterocycles. The molecular formula is C16H28N2O5Si. The first-order valence-electron chi connectivity index (χ1n) is 8.12. The van der Waals surface area contributed by atoms with E-state index in [0.717, 1.165) is 0 Å². The molecule has 0 radical (unpaired) electrons. The minimum atomic E-state index is -1.90. The van der Waals surface area contributed by atoms with Gasteiger partial charge in [0.1, 0.15) is 0 Å². The monoisotopic (exact) mass is 356 g/mol. The van der Waals surface area contributed by atoms with Gasteiger partial charge in [0.2, 0.25) is 0 Å². The maximum Gasteiger partial charge on any atom is 0.330 e. The Labute approximate surface area is 143 Å². The summed E-state index contributed by atoms with van der Waals surface area (Å²) in [6.07, 6.45) is 0.963. The summed E-state index contributed by atoms with van der Waals surface area (Å²) >= 11 is 0. The molecule has 24 heavy (non-hydrogen) atoms. The zero-order chi connectivity index (χ0) is 18.3. The molecule has 1 fully saturated rings. The molecule has 7 nitrogen and oxygen atoms in total. The molecule has 0 aliphatic carbocycles. The second-order valence-electron chi connectivity index (χ2n) is 8.05. The second-order valence-corrected chi connectivity index (χ2v) is 12.9. The fourth-order valence-corrected chi connectivity index (χ4v) is 3.20. The number of rotatable bonds is 4. The van der Waals surface area contributed by atoms with Gasteiger partial charge in [-0.05, 0) is 32.0 Å². The zero-order valence-corrected chi connectivity index (χ0v) is 16.6. The van der Waals surface area contributed by atoms with E-state index >= 15 is 0 Å². The Morgan fingerprint density at radius 1 is 1.42 bits per heavy atom. The average molecular weight is 356 g/mol. The van der Waals surface area contributed by atoms with Gasteiger partial charge in [0, 0.05) is 11.8 Å². The Balaban J connectivity index is 2.11. The maximum atomic E-state index is 12.1. The molecule has 0 aromatic carbocycles. The van der Waals surface area contributed by atoms with Crippen molar-refractivity contribution >= 4 is 8.32 Å². The molecule has 2 atom stereocenters. The highest BCUT2D eigenvalue weighted by atomic mass is 28.4. The van der Waals surface area contributed by atoms with Crippen LogP contribution in [0.5, 0.6) is 0 Å². The lowest BCUT2D eigenvalue weighted by Gasteiger charge is -2.36. The first kappa shape index (κ1) is 19.1. The standard InChI is InChI=1S/C16H28N2O5Si/c1-11-8-18(14(20)17-13(11)19)16(5)10-21-12(23-16)9-22-24(6,7)15(2,3)4/h8,12H,9-10H2,1-7H3,(H,17,19,20)/t12-,16-/m1/s1. The summed E-state index contributed by atoms with van der Waals surface area (Å²) in [7, 11) is -1.90. The first-order valence-corrected chi connectivity index (χ1v) is 11.0. The van der Waals surface area contributed by atoms with Gasteiger partial charge in [-0.3, -0.25) is 14.3 Å². The number of H-pyrrole nitrogens is 1. The van der Waals surface area contributed by atoms with Gasteiger partial charge in [-0.1, -0.05) is 20.8 Å². The predicted octanol–water partition coefficient (Wildman–Crippen LogP) is 1.91. The number of hydrogen-bond acceptors (Lipinski definition) is 5. The molecule has 0 amide bonds. The van der Waals surface area contributed by atoms with Crippen LogP contribution >= 0.6 is 0 Å². The minimum Gasteiger partial charge on any atom is -0.412 e. The summed E-state index contributed by atoms with van der Waals surface area (Å²) in [6, 6.07) is 0. The van der Waals surface area contributed by atoms with E-state index in [0.29, 0.717) is 12.2 Å². The van der Waals surface area contributed by atoms with Crippen molar-refractivity contribution in [2.24, 2.45) is 0 Å². The van der Waals surface area contributed by atoms with E-state index in [1.807, 2.05) is 0 Å². The molecule has 136 valence electrons. The Bertz CT molecular complexity index is 718. The van der Waals surface area contributed by atoms with Crippen molar-refractivity contribution in [3.8, 4) is 0 Å². The summed E-state index contributed by atoms with van der Waals surface area (Å²) in [4.78, 5) is 25.9. The van der Waals surface area contributed by atoms with E-state index in [4.69, 9.17) is 13.9 Å². The van der Waals surface area contributed by atoms with Crippen molar-refractivity contribution in [1.29, 1.82) is 0 Å². The Kier molecular flexibility index (Phi) is 4.98. The van der Waals surface area contributed by atoms with Crippen LogP contribution in [-0.4, -0.2) is 37.4 Å². The molecule has 0 bridgehead atoms. The second kappa shape index (κ2) is 6.25. The smallest absolute Gasteiger partial charge is 0.330 e. The molecule has 2 rings (SSSR count). The summed E-state index contributed by atoms with van der Waals surface area (Å²) in [5.41, 5.74) is -1.42. The van der Waals surface area contributed by atoms with Crippen LogP contribution in [0, 0.1) is 6.92 Å². The fraction of sp³-hybridized carbons (Fsp3) is 0.750. The molecule has 0 saturated carbocycles. The topological polar surface area (TPSA) is 82.6 Å². The lowest BCUT2D eigenvalue weighted by atomic mass is 10.2. The summed E-state index contributed by atoms with van der Waals surface area (Å²) < 4.78 is 19.1. The molecule has 1 N–H and O–H groups in total. The van der Waals surface area contributed by atoms with Crippen LogP contribution in [0.3, 0.4) is 0 Å². The van der Waals surface area contributed by atoms with Crippen LogP contribution < -0.4 is 11.2 Å². The molecule has 1 aromatic heterocycles. The number of aromatic amines is 1. The molecule has 1 aliphatic rings. The molecule has 1 saturated heterocycles. The van der Waals surface area contributed by atoms with Crippen molar-refractivity contribution in [3.05, 3.63) is 32.6 Å². The lowest BCUT2D eigenvalue weighted by Crippen LogP contribution is -2.45. The van der Waals surface area contributed by atoms with Crippen LogP contribution in [-0.2, 0) is 19.6 Å². The van der Waals surface area contributed by atoms with Crippen molar-refractivity contribution in [3.63, 3.8) is 0 Å². The number of nitrogens with zero attached hydrogens (tertiary/aromatic N) is 1. The molecule has 0 unspecified atom stereocenters. The van der Waals surface area contributed by atoms with E-state index in [9.17, 15) is 9.59 Å². The third-order valence-electron chi connectivity index (χ3n) is 4.94. The molecule has 8 heteroatoms. The SMILES string of the molecule is Cc1cn([C@@]2(C)CO[C@@H](CO[Si](C)(C)C(C)(C)C)O2)c(=O)[nH]c1=O. The van der Waals surface area contributed by atoms with Crippen molar-refractivity contribution < 1.29 is 13.9 Å². The third-order valence-corrected chi connectivity index (χ3v) is 9.44. The highest BCUT2D eigenvalue weighted by Gasteiger charge is 2.42. The summed E-state index contributed by atoms with van der Waals surface area (Å²) in [5.74, 6) is 0. The van der Waals surface area contributed by atoms with Gasteiger partial charge in [0.25, 0.3) is 5.56 Å². The van der Waals surface area contributed by atoms with Crippen LogP contribution in [0.2, 0.25) is 18.1 Å². The van der Waals surface area contributed by atoms with Gasteiger partial charge < -0.3 is 13.9 Å². The number of nitrogens with one attached hydrogen (secondary N) is 1. The third kappa shape index (κ3) is 3.71. The number of hydrogen-bond donors (Lipinski definition) is 1. The minimum absolute atomic E-state index is 0.0991. The van der Waals surface area contributed by atoms with E-state index in [1.165, 1.54) is 10.8 Å². The normalized spacial score (nSPS) is 25.2. The number of aryl methyl sites for hydroxylation is 1. The van der Waals surface area contributed by atoms with Gasteiger partial charge >= 0.3 is 5.69 Å². The maximum absolute atomic E-state index is 12.1. The number of aromatic nitrogens is 2. The first-order chi connectivity index (χ1) is 10.9. The molecule has 0 spiro atoms. The Morgan fingerprint density at radius 3 is 2.62 bits per heavy atom. The fourth-order valence-electron chi connectivity index (χ4n) is 2.22. The zero-order valence-electron chi connectivity index (χ0n) is 15.6. The largest absolute Gasteiger partial charge is 0.412 e. The average Bonchev–Trinajstić information content (AvgIpc) is 2.82. The Hall–Kier alpha value is -1.22. The van der Waals surface area contributed by atoms with E-state index < -0.39 is 31.6 Å². The van der Waals surface area contributed by atoms with Crippen molar-refractivity contribution in [1.82, 2.24) is 9.55 Å². The van der Waals surface area contributed by atoms with Crippen LogP contribution in [0.15, 0.2) is 15.8 Å². The van der Waals surface area contributed by atoms with Crippen LogP contribution in [0.25, 0.3) is 0 Å². The summed E-state index contributed by atoms with van der Waals surface area (Å²) in [5, 5.41) is 0.0991. The van der Waals surface area contributed by atoms with E-state index in [-0.39, 0.29) is 11.6 Å². The van der Waals surface area contributed by atoms with Crippen LogP contribution in [0.1, 0.15) is 33.3 Å². The molecular weight excluding hydrogens is 328 g/mol. The van der Waals surface area contributed by atoms with E-state index in [1.54, 1.807) is 13.8 Å². The van der Waals surface area contributed by atoms with Gasteiger partial charge in [0.05, 0.1) is 13.2 Å². The molecule has 1 aliphatic heterocycles. The summed E-state index contributed by atoms with van der Waals surface area (Å²) in [6.45, 7) is 14.8. The van der Waals surface area contributed by atoms with Gasteiger partial charge in [-0.25, -0.2) is 4.79 Å². The van der Waals surface area contributed by atoms with Crippen molar-refractivity contribution in [2.75, 3.05) is 13.2 Å².